The van der Waals surface area contributed by atoms with Gasteiger partial charge in [-0.2, -0.15) is 0 Å². The summed E-state index contributed by atoms with van der Waals surface area (Å²) in [5.41, 5.74) is 3.14. The number of hydrogen-bond acceptors (Lipinski definition) is 5. The van der Waals surface area contributed by atoms with Crippen LogP contribution in [0.15, 0.2) is 85.1 Å². The number of carbonyl (C=O) groups is 1. The van der Waals surface area contributed by atoms with Crippen LogP contribution < -0.4 is 15.0 Å². The van der Waals surface area contributed by atoms with Gasteiger partial charge in [0.2, 0.25) is 0 Å². The Morgan fingerprint density at radius 1 is 1.09 bits per heavy atom. The number of hydrogen-bond donors (Lipinski definition) is 2. The first-order valence-corrected chi connectivity index (χ1v) is 11.5. The summed E-state index contributed by atoms with van der Waals surface area (Å²) in [6.45, 7) is 3.66. The molecule has 2 unspecified atom stereocenters. The predicted octanol–water partition coefficient (Wildman–Crippen LogP) is 5.57. The second kappa shape index (κ2) is 9.53. The van der Waals surface area contributed by atoms with E-state index < -0.39 is 5.97 Å². The Morgan fingerprint density at radius 2 is 1.88 bits per heavy atom. The predicted molar refractivity (Wildman–Crippen MR) is 134 cm³/mol. The molecule has 0 radical (unpaired) electrons. The molecule has 5 rings (SSSR count). The molecule has 0 spiro atoms. The van der Waals surface area contributed by atoms with Crippen molar-refractivity contribution in [3.8, 4) is 5.75 Å². The van der Waals surface area contributed by atoms with Crippen LogP contribution in [0, 0.1) is 0 Å². The maximum Gasteiger partial charge on any atom is 0.354 e. The number of anilines is 2. The number of nitrogens with zero attached hydrogens (tertiary/aromatic N) is 2. The molecule has 0 fully saturated rings. The minimum atomic E-state index is -1.03. The van der Waals surface area contributed by atoms with Crippen LogP contribution in [0.4, 0.5) is 11.4 Å². The summed E-state index contributed by atoms with van der Waals surface area (Å²) in [4.78, 5) is 17.4. The highest BCUT2D eigenvalue weighted by Gasteiger charge is 2.27. The van der Waals surface area contributed by atoms with Crippen molar-refractivity contribution < 1.29 is 14.6 Å². The molecule has 6 nitrogen and oxygen atoms in total. The molecule has 4 aromatic rings. The third-order valence-electron chi connectivity index (χ3n) is 6.32. The number of benzene rings is 3. The van der Waals surface area contributed by atoms with Gasteiger partial charge in [0.05, 0.1) is 24.1 Å². The number of para-hydroxylation sites is 2. The van der Waals surface area contributed by atoms with Gasteiger partial charge in [-0.15, -0.1) is 0 Å². The van der Waals surface area contributed by atoms with Crippen molar-refractivity contribution >= 4 is 28.1 Å². The Labute approximate surface area is 198 Å². The molecule has 1 aliphatic rings. The lowest BCUT2D eigenvalue weighted by molar-refractivity contribution is 0.0690. The maximum atomic E-state index is 11.2. The first-order chi connectivity index (χ1) is 16.6. The molecule has 0 amide bonds. The Bertz CT molecular complexity index is 1300. The Balaban J connectivity index is 1.28. The number of nitrogens with one attached hydrogen (secondary N) is 1. The van der Waals surface area contributed by atoms with Gasteiger partial charge in [0.15, 0.2) is 0 Å². The molecule has 0 aliphatic carbocycles. The van der Waals surface area contributed by atoms with Crippen LogP contribution in [0.2, 0.25) is 0 Å². The van der Waals surface area contributed by atoms with Crippen LogP contribution in [-0.2, 0) is 0 Å². The molecule has 1 aromatic heterocycles. The quantitative estimate of drug-likeness (QED) is 0.381. The van der Waals surface area contributed by atoms with E-state index in [4.69, 9.17) is 9.84 Å². The average molecular weight is 454 g/mol. The smallest absolute Gasteiger partial charge is 0.354 e. The van der Waals surface area contributed by atoms with Gasteiger partial charge < -0.3 is 20.1 Å². The van der Waals surface area contributed by atoms with E-state index in [9.17, 15) is 4.79 Å². The van der Waals surface area contributed by atoms with Crippen LogP contribution >= 0.6 is 0 Å². The molecular formula is C28H27N3O3. The summed E-state index contributed by atoms with van der Waals surface area (Å²) in [5, 5.41) is 15.3. The van der Waals surface area contributed by atoms with Crippen molar-refractivity contribution in [2.24, 2.45) is 0 Å². The molecule has 2 heterocycles. The van der Waals surface area contributed by atoms with Gasteiger partial charge in [-0.25, -0.2) is 9.78 Å². The summed E-state index contributed by atoms with van der Waals surface area (Å²) >= 11 is 0. The van der Waals surface area contributed by atoms with Crippen molar-refractivity contribution in [2.75, 3.05) is 18.0 Å². The summed E-state index contributed by atoms with van der Waals surface area (Å²) in [6.07, 6.45) is 2.44. The Hall–Kier alpha value is -3.90. The number of ether oxygens (including phenoxy) is 1. The van der Waals surface area contributed by atoms with Crippen molar-refractivity contribution in [3.05, 3.63) is 96.3 Å². The van der Waals surface area contributed by atoms with E-state index in [-0.39, 0.29) is 17.8 Å². The van der Waals surface area contributed by atoms with Crippen molar-refractivity contribution in [3.63, 3.8) is 0 Å². The van der Waals surface area contributed by atoms with Gasteiger partial charge in [0.25, 0.3) is 0 Å². The molecule has 0 bridgehead atoms. The first kappa shape index (κ1) is 21.9. The number of carboxylic acids is 1. The highest BCUT2D eigenvalue weighted by Crippen LogP contribution is 2.38. The lowest BCUT2D eigenvalue weighted by atomic mass is 9.99. The zero-order valence-corrected chi connectivity index (χ0v) is 19.0. The molecule has 3 aromatic carbocycles. The van der Waals surface area contributed by atoms with E-state index in [0.717, 1.165) is 30.1 Å². The van der Waals surface area contributed by atoms with Gasteiger partial charge in [0.1, 0.15) is 17.5 Å². The molecule has 0 saturated carbocycles. The lowest BCUT2D eigenvalue weighted by Crippen LogP contribution is -2.39. The molecule has 0 saturated heterocycles. The molecular weight excluding hydrogens is 426 g/mol. The minimum Gasteiger partial charge on any atom is -0.486 e. The zero-order valence-electron chi connectivity index (χ0n) is 19.0. The highest BCUT2D eigenvalue weighted by molar-refractivity contribution is 5.86. The van der Waals surface area contributed by atoms with Gasteiger partial charge in [-0.05, 0) is 60.5 Å². The topological polar surface area (TPSA) is 74.7 Å². The summed E-state index contributed by atoms with van der Waals surface area (Å²) in [5.74, 6) is -0.207. The van der Waals surface area contributed by atoms with Crippen LogP contribution in [-0.4, -0.2) is 35.3 Å². The lowest BCUT2D eigenvalue weighted by Gasteiger charge is -2.36. The summed E-state index contributed by atoms with van der Waals surface area (Å²) in [6, 6.07) is 26.4. The van der Waals surface area contributed by atoms with Crippen LogP contribution in [0.1, 0.15) is 35.4 Å². The van der Waals surface area contributed by atoms with Crippen molar-refractivity contribution in [1.82, 2.24) is 10.3 Å². The molecule has 2 N–H and O–H groups in total. The van der Waals surface area contributed by atoms with E-state index in [1.165, 1.54) is 22.4 Å². The first-order valence-electron chi connectivity index (χ1n) is 11.5. The summed E-state index contributed by atoms with van der Waals surface area (Å²) < 4.78 is 6.31. The van der Waals surface area contributed by atoms with E-state index in [2.05, 4.69) is 64.6 Å². The number of aromatic carboxylic acids is 1. The number of carboxylic acid groups (broad SMARTS) is 1. The SMILES string of the molecule is CC(NCCC1CN(c2ccc(C(=O)O)nc2)c2ccccc2O1)c1cccc2ccccc12. The molecule has 6 heteroatoms. The monoisotopic (exact) mass is 453 g/mol. The van der Waals surface area contributed by atoms with E-state index in [1.54, 1.807) is 12.3 Å². The summed E-state index contributed by atoms with van der Waals surface area (Å²) in [7, 11) is 0. The fraction of sp³-hybridized carbons (Fsp3) is 0.214. The highest BCUT2D eigenvalue weighted by atomic mass is 16.5. The minimum absolute atomic E-state index is 0.0127. The molecule has 2 atom stereocenters. The zero-order chi connectivity index (χ0) is 23.5. The number of pyridine rings is 1. The number of fused-ring (bicyclic) bond motifs is 2. The third kappa shape index (κ3) is 4.45. The van der Waals surface area contributed by atoms with Crippen LogP contribution in [0.3, 0.4) is 0 Å². The van der Waals surface area contributed by atoms with Gasteiger partial charge in [-0.3, -0.25) is 0 Å². The fourth-order valence-electron chi connectivity index (χ4n) is 4.56. The molecule has 34 heavy (non-hydrogen) atoms. The van der Waals surface area contributed by atoms with Crippen molar-refractivity contribution in [1.29, 1.82) is 0 Å². The second-order valence-electron chi connectivity index (χ2n) is 8.56. The normalized spacial score (nSPS) is 16.0. The Kier molecular flexibility index (Phi) is 6.14. The van der Waals surface area contributed by atoms with E-state index in [0.29, 0.717) is 6.54 Å². The van der Waals surface area contributed by atoms with Crippen LogP contribution in [0.25, 0.3) is 10.8 Å². The third-order valence-corrected chi connectivity index (χ3v) is 6.32. The van der Waals surface area contributed by atoms with Gasteiger partial charge >= 0.3 is 5.97 Å². The number of aromatic nitrogens is 1. The number of rotatable bonds is 7. The van der Waals surface area contributed by atoms with Gasteiger partial charge in [0, 0.05) is 6.04 Å². The van der Waals surface area contributed by atoms with Crippen molar-refractivity contribution in [2.45, 2.75) is 25.5 Å². The van der Waals surface area contributed by atoms with Crippen LogP contribution in [0.5, 0.6) is 5.75 Å². The fourth-order valence-corrected chi connectivity index (χ4v) is 4.56. The maximum absolute atomic E-state index is 11.2. The van der Waals surface area contributed by atoms with E-state index >= 15 is 0 Å². The second-order valence-corrected chi connectivity index (χ2v) is 8.56. The van der Waals surface area contributed by atoms with E-state index in [1.807, 2.05) is 24.3 Å². The average Bonchev–Trinajstić information content (AvgIpc) is 2.88. The molecule has 1 aliphatic heterocycles. The largest absolute Gasteiger partial charge is 0.486 e. The van der Waals surface area contributed by atoms with Gasteiger partial charge in [-0.1, -0.05) is 54.6 Å². The molecule has 172 valence electrons. The Morgan fingerprint density at radius 3 is 2.71 bits per heavy atom. The standard InChI is InChI=1S/C28H27N3O3/c1-19(23-10-6-8-20-7-2-3-9-24(20)23)29-16-15-22-18-31(26-11-4-5-12-27(26)34-22)21-13-14-25(28(32)33)30-17-21/h2-14,17,19,22,29H,15-16,18H2,1H3,(H,32,33).